The molecule has 0 radical (unpaired) electrons. The maximum absolute atomic E-state index is 13.5. The van der Waals surface area contributed by atoms with E-state index in [0.29, 0.717) is 37.2 Å². The summed E-state index contributed by atoms with van der Waals surface area (Å²) >= 11 is 0. The quantitative estimate of drug-likeness (QED) is 0.521. The summed E-state index contributed by atoms with van der Waals surface area (Å²) in [5.41, 5.74) is -0.189. The highest BCUT2D eigenvalue weighted by atomic mass is 19.1. The highest BCUT2D eigenvalue weighted by Gasteiger charge is 2.70. The highest BCUT2D eigenvalue weighted by molar-refractivity contribution is 5.74. The average molecular weight is 422 g/mol. The summed E-state index contributed by atoms with van der Waals surface area (Å²) in [7, 11) is 0. The number of carbonyl (C=O) groups excluding carboxylic acids is 1. The summed E-state index contributed by atoms with van der Waals surface area (Å²) in [5.74, 6) is -2.12. The number of benzene rings is 1. The maximum atomic E-state index is 13.5. The zero-order chi connectivity index (χ0) is 21.1. The Morgan fingerprint density at radius 1 is 1.07 bits per heavy atom. The van der Waals surface area contributed by atoms with Crippen molar-refractivity contribution in [2.45, 2.75) is 76.5 Å². The molecule has 4 aliphatic heterocycles. The third-order valence-electron chi connectivity index (χ3n) is 7.69. The van der Waals surface area contributed by atoms with E-state index in [1.165, 1.54) is 12.1 Å². The molecule has 0 aromatic heterocycles. The molecule has 164 valence electrons. The number of halogens is 2. The van der Waals surface area contributed by atoms with Gasteiger partial charge in [0.2, 0.25) is 12.1 Å². The molecule has 1 aromatic carbocycles. The Bertz CT molecular complexity index is 827. The summed E-state index contributed by atoms with van der Waals surface area (Å²) in [6.45, 7) is 4.05. The van der Waals surface area contributed by atoms with Gasteiger partial charge in [-0.3, -0.25) is 4.79 Å². The van der Waals surface area contributed by atoms with Crippen molar-refractivity contribution in [3.8, 4) is 0 Å². The molecular formula is C23H28F2O5. The van der Waals surface area contributed by atoms with Crippen LogP contribution < -0.4 is 0 Å². The zero-order valence-electron chi connectivity index (χ0n) is 17.4. The SMILES string of the molecule is C[C@@H]1CC[C@H]2[C@@H](CCCc3cc(F)cc(F)c3)C(=O)O[C@@H]3O[C@@]4(C)CCC1[C@]32OO4. The Kier molecular flexibility index (Phi) is 4.91. The molecule has 1 saturated carbocycles. The van der Waals surface area contributed by atoms with Gasteiger partial charge in [0.15, 0.2) is 5.60 Å². The molecule has 4 heterocycles. The van der Waals surface area contributed by atoms with Crippen molar-refractivity contribution in [2.75, 3.05) is 0 Å². The monoisotopic (exact) mass is 422 g/mol. The first-order valence-corrected chi connectivity index (χ1v) is 11.0. The topological polar surface area (TPSA) is 54.0 Å². The number of fused-ring (bicyclic) bond motifs is 2. The minimum absolute atomic E-state index is 0.0585. The fourth-order valence-corrected chi connectivity index (χ4v) is 6.22. The fourth-order valence-electron chi connectivity index (χ4n) is 6.22. The number of hydrogen-bond donors (Lipinski definition) is 0. The number of carbonyl (C=O) groups is 1. The number of esters is 1. The van der Waals surface area contributed by atoms with Gasteiger partial charge in [0.05, 0.1) is 5.92 Å². The minimum atomic E-state index is -0.897. The second kappa shape index (κ2) is 7.24. The van der Waals surface area contributed by atoms with Gasteiger partial charge in [-0.2, -0.15) is 0 Å². The summed E-state index contributed by atoms with van der Waals surface area (Å²) in [6, 6.07) is 3.55. The fraction of sp³-hybridized carbons (Fsp3) is 0.696. The normalized spacial score (nSPS) is 42.4. The van der Waals surface area contributed by atoms with Crippen molar-refractivity contribution >= 4 is 5.97 Å². The first-order valence-electron chi connectivity index (χ1n) is 11.0. The number of rotatable bonds is 4. The van der Waals surface area contributed by atoms with E-state index in [2.05, 4.69) is 6.92 Å². The Morgan fingerprint density at radius 3 is 2.60 bits per heavy atom. The lowest BCUT2D eigenvalue weighted by Crippen LogP contribution is -2.70. The average Bonchev–Trinajstić information content (AvgIpc) is 2.90. The molecule has 30 heavy (non-hydrogen) atoms. The molecule has 2 bridgehead atoms. The molecule has 1 aliphatic carbocycles. The van der Waals surface area contributed by atoms with Crippen molar-refractivity contribution in [2.24, 2.45) is 23.7 Å². The first kappa shape index (κ1) is 20.3. The van der Waals surface area contributed by atoms with Gasteiger partial charge in [0.1, 0.15) is 11.6 Å². The van der Waals surface area contributed by atoms with Gasteiger partial charge in [0, 0.05) is 24.3 Å². The van der Waals surface area contributed by atoms with E-state index < -0.39 is 29.3 Å². The van der Waals surface area contributed by atoms with Gasteiger partial charge < -0.3 is 9.47 Å². The molecule has 1 spiro atoms. The second-order valence-electron chi connectivity index (χ2n) is 9.62. The van der Waals surface area contributed by atoms with Crippen LogP contribution in [0.2, 0.25) is 0 Å². The molecular weight excluding hydrogens is 394 g/mol. The van der Waals surface area contributed by atoms with E-state index in [1.807, 2.05) is 6.92 Å². The number of hydrogen-bond acceptors (Lipinski definition) is 5. The lowest BCUT2D eigenvalue weighted by atomic mass is 9.57. The van der Waals surface area contributed by atoms with Crippen LogP contribution in [-0.4, -0.2) is 23.6 Å². The third kappa shape index (κ3) is 3.17. The van der Waals surface area contributed by atoms with Crippen molar-refractivity contribution in [3.63, 3.8) is 0 Å². The predicted octanol–water partition coefficient (Wildman–Crippen LogP) is 4.68. The van der Waals surface area contributed by atoms with Gasteiger partial charge in [-0.25, -0.2) is 18.6 Å². The summed E-state index contributed by atoms with van der Waals surface area (Å²) < 4.78 is 38.9. The molecule has 5 fully saturated rings. The van der Waals surface area contributed by atoms with Gasteiger partial charge in [-0.05, 0) is 69.1 Å². The lowest BCUT2D eigenvalue weighted by molar-refractivity contribution is -0.559. The van der Waals surface area contributed by atoms with Gasteiger partial charge >= 0.3 is 5.97 Å². The largest absolute Gasteiger partial charge is 0.432 e. The maximum Gasteiger partial charge on any atom is 0.311 e. The summed E-state index contributed by atoms with van der Waals surface area (Å²) in [6.07, 6.45) is 4.38. The van der Waals surface area contributed by atoms with Gasteiger partial charge in [0.25, 0.3) is 0 Å². The predicted molar refractivity (Wildman–Crippen MR) is 102 cm³/mol. The zero-order valence-corrected chi connectivity index (χ0v) is 17.4. The van der Waals surface area contributed by atoms with Crippen LogP contribution >= 0.6 is 0 Å². The smallest absolute Gasteiger partial charge is 0.311 e. The van der Waals surface area contributed by atoms with Crippen LogP contribution in [0, 0.1) is 35.3 Å². The molecule has 6 rings (SSSR count). The molecule has 1 aromatic rings. The van der Waals surface area contributed by atoms with E-state index in [1.54, 1.807) is 0 Å². The van der Waals surface area contributed by atoms with E-state index in [0.717, 1.165) is 25.3 Å². The van der Waals surface area contributed by atoms with Crippen molar-refractivity contribution < 1.29 is 32.8 Å². The van der Waals surface area contributed by atoms with E-state index >= 15 is 0 Å². The number of ether oxygens (including phenoxy) is 2. The molecule has 5 aliphatic rings. The molecule has 7 heteroatoms. The first-order chi connectivity index (χ1) is 14.3. The number of aryl methyl sites for hydroxylation is 1. The van der Waals surface area contributed by atoms with E-state index in [-0.39, 0.29) is 23.7 Å². The summed E-state index contributed by atoms with van der Waals surface area (Å²) in [5, 5.41) is 0. The van der Waals surface area contributed by atoms with Crippen LogP contribution in [0.5, 0.6) is 0 Å². The standard InChI is InChI=1S/C23H28F2O5/c1-13-6-7-19-17(5-3-4-14-10-15(24)12-16(25)11-14)20(26)27-21-23(19)18(13)8-9-22(2,28-21)29-30-23/h10-13,17-19,21H,3-9H2,1-2H3/t13-,17-,18?,19+,21-,22-,23-/m1/s1. The Labute approximate surface area is 174 Å². The third-order valence-corrected chi connectivity index (χ3v) is 7.69. The molecule has 0 amide bonds. The van der Waals surface area contributed by atoms with Crippen molar-refractivity contribution in [1.82, 2.24) is 0 Å². The van der Waals surface area contributed by atoms with Gasteiger partial charge in [-0.1, -0.05) is 6.92 Å². The van der Waals surface area contributed by atoms with E-state index in [4.69, 9.17) is 19.2 Å². The second-order valence-corrected chi connectivity index (χ2v) is 9.62. The van der Waals surface area contributed by atoms with Crippen LogP contribution in [0.3, 0.4) is 0 Å². The van der Waals surface area contributed by atoms with Crippen LogP contribution in [-0.2, 0) is 30.5 Å². The molecule has 1 unspecified atom stereocenters. The molecule has 7 atom stereocenters. The van der Waals surface area contributed by atoms with Crippen molar-refractivity contribution in [3.05, 3.63) is 35.4 Å². The molecule has 4 saturated heterocycles. The minimum Gasteiger partial charge on any atom is -0.432 e. The summed E-state index contributed by atoms with van der Waals surface area (Å²) in [4.78, 5) is 24.8. The lowest BCUT2D eigenvalue weighted by Gasteiger charge is -2.58. The van der Waals surface area contributed by atoms with E-state index in [9.17, 15) is 13.6 Å². The van der Waals surface area contributed by atoms with Crippen molar-refractivity contribution in [1.29, 1.82) is 0 Å². The molecule has 5 nitrogen and oxygen atoms in total. The molecule has 0 N–H and O–H groups in total. The highest BCUT2D eigenvalue weighted by Crippen LogP contribution is 2.60. The Morgan fingerprint density at radius 2 is 1.83 bits per heavy atom. The Hall–Kier alpha value is -1.57. The Balaban J connectivity index is 1.37. The van der Waals surface area contributed by atoms with Crippen LogP contribution in [0.1, 0.15) is 57.9 Å². The van der Waals surface area contributed by atoms with Crippen LogP contribution in [0.4, 0.5) is 8.78 Å². The van der Waals surface area contributed by atoms with Crippen LogP contribution in [0.15, 0.2) is 18.2 Å². The van der Waals surface area contributed by atoms with Gasteiger partial charge in [-0.15, -0.1) is 0 Å². The van der Waals surface area contributed by atoms with Crippen LogP contribution in [0.25, 0.3) is 0 Å².